The highest BCUT2D eigenvalue weighted by Crippen LogP contribution is 2.39. The fraction of sp³-hybridized carbons (Fsp3) is 0.364. The Morgan fingerprint density at radius 2 is 2.07 bits per heavy atom. The zero-order valence-corrected chi connectivity index (χ0v) is 7.97. The van der Waals surface area contributed by atoms with Crippen LogP contribution in [0.5, 0.6) is 0 Å². The van der Waals surface area contributed by atoms with Crippen LogP contribution < -0.4 is 0 Å². The number of fused-ring (bicyclic) bond motifs is 1. The zero-order chi connectivity index (χ0) is 11.0. The second-order valence-corrected chi connectivity index (χ2v) is 3.78. The van der Waals surface area contributed by atoms with E-state index in [0.717, 1.165) is 0 Å². The third-order valence-electron chi connectivity index (χ3n) is 2.97. The molecule has 0 saturated heterocycles. The third-order valence-corrected chi connectivity index (χ3v) is 2.97. The minimum Gasteiger partial charge on any atom is -0.475 e. The van der Waals surface area contributed by atoms with Gasteiger partial charge in [0.15, 0.2) is 5.78 Å². The summed E-state index contributed by atoms with van der Waals surface area (Å²) in [5.74, 6) is -3.09. The number of allylic oxidation sites excluding steroid dienone is 4. The molecule has 2 aliphatic rings. The quantitative estimate of drug-likeness (QED) is 0.676. The van der Waals surface area contributed by atoms with E-state index in [1.807, 2.05) is 0 Å². The lowest BCUT2D eigenvalue weighted by Crippen LogP contribution is -2.24. The monoisotopic (exact) mass is 206 g/mol. The van der Waals surface area contributed by atoms with Crippen LogP contribution in [0.15, 0.2) is 23.8 Å². The molecule has 0 amide bonds. The van der Waals surface area contributed by atoms with Gasteiger partial charge in [0.2, 0.25) is 5.78 Å². The summed E-state index contributed by atoms with van der Waals surface area (Å²) in [7, 11) is 0. The Morgan fingerprint density at radius 3 is 2.73 bits per heavy atom. The molecule has 1 fully saturated rings. The lowest BCUT2D eigenvalue weighted by Gasteiger charge is -2.14. The Morgan fingerprint density at radius 1 is 1.33 bits per heavy atom. The van der Waals surface area contributed by atoms with Gasteiger partial charge in [-0.05, 0) is 24.5 Å². The highest BCUT2D eigenvalue weighted by molar-refractivity contribution is 6.34. The lowest BCUT2D eigenvalue weighted by atomic mass is 9.88. The number of carbonyl (C=O) groups is 3. The number of Topliss-reactive ketones (excluding diaryl/α,β-unsaturated/α-hetero) is 1. The third kappa shape index (κ3) is 1.52. The van der Waals surface area contributed by atoms with Gasteiger partial charge in [-0.15, -0.1) is 0 Å². The van der Waals surface area contributed by atoms with E-state index in [9.17, 15) is 14.4 Å². The molecule has 2 aliphatic carbocycles. The summed E-state index contributed by atoms with van der Waals surface area (Å²) in [5.41, 5.74) is 0.676. The van der Waals surface area contributed by atoms with Crippen LogP contribution in [0, 0.1) is 11.8 Å². The Hall–Kier alpha value is -1.71. The number of carboxylic acid groups (broad SMARTS) is 1. The maximum absolute atomic E-state index is 11.4. The molecule has 0 bridgehead atoms. The van der Waals surface area contributed by atoms with Crippen molar-refractivity contribution in [2.75, 3.05) is 0 Å². The van der Waals surface area contributed by atoms with E-state index in [2.05, 4.69) is 0 Å². The first kappa shape index (κ1) is 9.83. The van der Waals surface area contributed by atoms with Crippen molar-refractivity contribution in [1.82, 2.24) is 0 Å². The molecule has 1 saturated carbocycles. The number of carboxylic acids is 1. The van der Waals surface area contributed by atoms with Gasteiger partial charge in [-0.3, -0.25) is 9.59 Å². The van der Waals surface area contributed by atoms with E-state index >= 15 is 0 Å². The van der Waals surface area contributed by atoms with Gasteiger partial charge in [-0.25, -0.2) is 4.79 Å². The maximum Gasteiger partial charge on any atom is 0.372 e. The molecule has 15 heavy (non-hydrogen) atoms. The van der Waals surface area contributed by atoms with Crippen LogP contribution in [-0.2, 0) is 14.4 Å². The van der Waals surface area contributed by atoms with Gasteiger partial charge in [0.1, 0.15) is 0 Å². The largest absolute Gasteiger partial charge is 0.475 e. The molecule has 0 aliphatic heterocycles. The molecule has 2 rings (SSSR count). The topological polar surface area (TPSA) is 71.4 Å². The van der Waals surface area contributed by atoms with Crippen molar-refractivity contribution in [2.45, 2.75) is 12.8 Å². The Balaban J connectivity index is 2.28. The van der Waals surface area contributed by atoms with Gasteiger partial charge in [-0.1, -0.05) is 12.2 Å². The zero-order valence-electron chi connectivity index (χ0n) is 7.97. The minimum absolute atomic E-state index is 0.0202. The van der Waals surface area contributed by atoms with Crippen molar-refractivity contribution < 1.29 is 19.5 Å². The van der Waals surface area contributed by atoms with E-state index in [0.29, 0.717) is 18.4 Å². The molecular weight excluding hydrogens is 196 g/mol. The predicted octanol–water partition coefficient (Wildman–Crippen LogP) is 0.732. The first-order valence-corrected chi connectivity index (χ1v) is 4.80. The van der Waals surface area contributed by atoms with Crippen LogP contribution in [0.25, 0.3) is 0 Å². The van der Waals surface area contributed by atoms with Crippen molar-refractivity contribution in [3.63, 3.8) is 0 Å². The maximum atomic E-state index is 11.4. The van der Waals surface area contributed by atoms with Crippen LogP contribution in [0.1, 0.15) is 12.8 Å². The summed E-state index contributed by atoms with van der Waals surface area (Å²) < 4.78 is 0. The summed E-state index contributed by atoms with van der Waals surface area (Å²) in [4.78, 5) is 33.3. The molecule has 78 valence electrons. The molecule has 0 heterocycles. The standard InChI is InChI=1S/C11H10O4/c12-9-3-1-2-6-7(9)4-5-8(6)10(13)11(14)15/h1-3,7-8H,4-5H2,(H,14,15). The molecule has 1 N–H and O–H groups in total. The van der Waals surface area contributed by atoms with E-state index in [1.165, 1.54) is 6.08 Å². The summed E-state index contributed by atoms with van der Waals surface area (Å²) in [5, 5.41) is 8.62. The summed E-state index contributed by atoms with van der Waals surface area (Å²) >= 11 is 0. The van der Waals surface area contributed by atoms with Crippen LogP contribution in [0.3, 0.4) is 0 Å². The molecule has 0 aromatic heterocycles. The normalized spacial score (nSPS) is 28.5. The SMILES string of the molecule is O=C(O)C(=O)C1CCC2C(=O)C=CC=C21. The fourth-order valence-electron chi connectivity index (χ4n) is 2.25. The Labute approximate surface area is 86.3 Å². The lowest BCUT2D eigenvalue weighted by molar-refractivity contribution is -0.150. The molecule has 0 spiro atoms. The van der Waals surface area contributed by atoms with Gasteiger partial charge < -0.3 is 5.11 Å². The van der Waals surface area contributed by atoms with E-state index in [-0.39, 0.29) is 11.7 Å². The smallest absolute Gasteiger partial charge is 0.372 e. The van der Waals surface area contributed by atoms with Crippen LogP contribution in [0.4, 0.5) is 0 Å². The van der Waals surface area contributed by atoms with Gasteiger partial charge in [0, 0.05) is 5.92 Å². The number of hydrogen-bond acceptors (Lipinski definition) is 3. The van der Waals surface area contributed by atoms with Crippen LogP contribution in [0.2, 0.25) is 0 Å². The van der Waals surface area contributed by atoms with Crippen molar-refractivity contribution in [3.05, 3.63) is 23.8 Å². The van der Waals surface area contributed by atoms with Crippen molar-refractivity contribution >= 4 is 17.5 Å². The first-order valence-electron chi connectivity index (χ1n) is 4.80. The van der Waals surface area contributed by atoms with Gasteiger partial charge >= 0.3 is 5.97 Å². The molecule has 4 nitrogen and oxygen atoms in total. The van der Waals surface area contributed by atoms with E-state index in [4.69, 9.17) is 5.11 Å². The molecule has 2 atom stereocenters. The average Bonchev–Trinajstić information content (AvgIpc) is 2.61. The minimum atomic E-state index is -1.41. The summed E-state index contributed by atoms with van der Waals surface area (Å²) in [6.07, 6.45) is 5.81. The average molecular weight is 206 g/mol. The van der Waals surface area contributed by atoms with Gasteiger partial charge in [-0.2, -0.15) is 0 Å². The predicted molar refractivity (Wildman–Crippen MR) is 51.1 cm³/mol. The summed E-state index contributed by atoms with van der Waals surface area (Å²) in [6.45, 7) is 0. The Kier molecular flexibility index (Phi) is 2.26. The highest BCUT2D eigenvalue weighted by atomic mass is 16.4. The highest BCUT2D eigenvalue weighted by Gasteiger charge is 2.40. The van der Waals surface area contributed by atoms with E-state index < -0.39 is 17.7 Å². The number of ketones is 2. The van der Waals surface area contributed by atoms with Crippen molar-refractivity contribution in [2.24, 2.45) is 11.8 Å². The molecule has 0 radical (unpaired) electrons. The summed E-state index contributed by atoms with van der Waals surface area (Å²) in [6, 6.07) is 0. The molecule has 0 aromatic rings. The van der Waals surface area contributed by atoms with Crippen molar-refractivity contribution in [3.8, 4) is 0 Å². The fourth-order valence-corrected chi connectivity index (χ4v) is 2.25. The van der Waals surface area contributed by atoms with Gasteiger partial charge in [0.25, 0.3) is 0 Å². The molecule has 4 heteroatoms. The molecular formula is C11H10O4. The van der Waals surface area contributed by atoms with Crippen LogP contribution in [-0.4, -0.2) is 22.6 Å². The number of hydrogen-bond donors (Lipinski definition) is 1. The Bertz CT molecular complexity index is 403. The number of rotatable bonds is 2. The van der Waals surface area contributed by atoms with Crippen molar-refractivity contribution in [1.29, 1.82) is 0 Å². The number of aliphatic carboxylic acids is 1. The first-order chi connectivity index (χ1) is 7.11. The van der Waals surface area contributed by atoms with Crippen LogP contribution >= 0.6 is 0 Å². The van der Waals surface area contributed by atoms with Gasteiger partial charge in [0.05, 0.1) is 5.92 Å². The second-order valence-electron chi connectivity index (χ2n) is 3.78. The second kappa shape index (κ2) is 3.46. The molecule has 0 aromatic carbocycles. The van der Waals surface area contributed by atoms with E-state index in [1.54, 1.807) is 12.2 Å². The molecule has 2 unspecified atom stereocenters. The number of carbonyl (C=O) groups excluding carboxylic acids is 2.